The van der Waals surface area contributed by atoms with Gasteiger partial charge in [-0.15, -0.1) is 0 Å². The maximum Gasteiger partial charge on any atom is 0.229 e. The van der Waals surface area contributed by atoms with Crippen LogP contribution in [0.1, 0.15) is 62.5 Å². The lowest BCUT2D eigenvalue weighted by Gasteiger charge is -2.43. The van der Waals surface area contributed by atoms with Crippen molar-refractivity contribution in [1.82, 2.24) is 0 Å². The topological polar surface area (TPSA) is 132 Å². The van der Waals surface area contributed by atoms with Gasteiger partial charge in [0.1, 0.15) is 42.0 Å². The van der Waals surface area contributed by atoms with Gasteiger partial charge in [-0.25, -0.2) is 0 Å². The molecule has 4 N–H and O–H groups in total. The minimum absolute atomic E-state index is 0.174. The number of fused-ring (bicyclic) bond motifs is 3. The Hall–Kier alpha value is -2.41. The first-order valence-corrected chi connectivity index (χ1v) is 13.0. The van der Waals surface area contributed by atoms with E-state index in [9.17, 15) is 25.7 Å². The number of rotatable bonds is 5. The van der Waals surface area contributed by atoms with Gasteiger partial charge in [-0.1, -0.05) is 17.6 Å². The maximum atomic E-state index is 10.4. The molecule has 3 aliphatic carbocycles. The standard InChI is InChI=1S/C28H35NO7/c1-34-27(23-16-6-4-8-20(23)19-7-3-2-5-15(19)11-16)17-9-10-18(13-29)21(12-17)35-28-26(33)25(32)24(31)22(14-30)36-28/h9-10,12,16,20,22,24-26,28,30-33H,2-8,11,14H2,1H3/b27-23+/t16?,20?,22?,24-,25?,26?,28-/m1/s1. The maximum absolute atomic E-state index is 10.4. The molecular weight excluding hydrogens is 462 g/mol. The summed E-state index contributed by atoms with van der Waals surface area (Å²) in [7, 11) is 1.68. The van der Waals surface area contributed by atoms with Crippen LogP contribution in [0.25, 0.3) is 5.76 Å². The molecule has 1 saturated carbocycles. The molecule has 0 aromatic heterocycles. The second-order valence-electron chi connectivity index (χ2n) is 10.3. The number of nitriles is 1. The van der Waals surface area contributed by atoms with E-state index in [1.165, 1.54) is 31.3 Å². The van der Waals surface area contributed by atoms with Gasteiger partial charge >= 0.3 is 0 Å². The van der Waals surface area contributed by atoms with Crippen molar-refractivity contribution in [2.45, 2.75) is 82.1 Å². The zero-order chi connectivity index (χ0) is 25.4. The van der Waals surface area contributed by atoms with E-state index in [1.54, 1.807) is 30.4 Å². The van der Waals surface area contributed by atoms with Crippen LogP contribution in [-0.4, -0.2) is 64.8 Å². The van der Waals surface area contributed by atoms with Crippen LogP contribution in [0.3, 0.4) is 0 Å². The molecule has 1 aromatic rings. The zero-order valence-electron chi connectivity index (χ0n) is 20.6. The Morgan fingerprint density at radius 2 is 1.89 bits per heavy atom. The lowest BCUT2D eigenvalue weighted by atomic mass is 9.62. The molecule has 4 aliphatic rings. The van der Waals surface area contributed by atoms with Gasteiger partial charge in [0.15, 0.2) is 0 Å². The monoisotopic (exact) mass is 497 g/mol. The zero-order valence-corrected chi connectivity index (χ0v) is 20.6. The van der Waals surface area contributed by atoms with E-state index in [2.05, 4.69) is 6.07 Å². The van der Waals surface area contributed by atoms with Crippen molar-refractivity contribution >= 4 is 5.76 Å². The van der Waals surface area contributed by atoms with Crippen LogP contribution in [0.5, 0.6) is 5.75 Å². The molecule has 5 unspecified atom stereocenters. The van der Waals surface area contributed by atoms with E-state index in [-0.39, 0.29) is 11.3 Å². The van der Waals surface area contributed by atoms with Gasteiger partial charge in [0, 0.05) is 11.5 Å². The summed E-state index contributed by atoms with van der Waals surface area (Å²) in [6.45, 7) is -0.559. The highest BCUT2D eigenvalue weighted by molar-refractivity contribution is 5.68. The van der Waals surface area contributed by atoms with Gasteiger partial charge in [-0.3, -0.25) is 0 Å². The molecule has 36 heavy (non-hydrogen) atoms. The highest BCUT2D eigenvalue weighted by Gasteiger charge is 2.45. The average Bonchev–Trinajstić information content (AvgIpc) is 2.90. The van der Waals surface area contributed by atoms with Crippen LogP contribution < -0.4 is 4.74 Å². The fourth-order valence-corrected chi connectivity index (χ4v) is 6.57. The largest absolute Gasteiger partial charge is 0.496 e. The molecule has 194 valence electrons. The Morgan fingerprint density at radius 3 is 2.64 bits per heavy atom. The van der Waals surface area contributed by atoms with Crippen molar-refractivity contribution in [2.24, 2.45) is 11.8 Å². The van der Waals surface area contributed by atoms with Crippen LogP contribution >= 0.6 is 0 Å². The number of ether oxygens (including phenoxy) is 3. The third kappa shape index (κ3) is 4.44. The number of nitrogens with zero attached hydrogens (tertiary/aromatic N) is 1. The smallest absolute Gasteiger partial charge is 0.229 e. The van der Waals surface area contributed by atoms with E-state index in [0.717, 1.165) is 37.0 Å². The number of hydrogen-bond acceptors (Lipinski definition) is 8. The van der Waals surface area contributed by atoms with E-state index in [4.69, 9.17) is 14.2 Å². The second-order valence-corrected chi connectivity index (χ2v) is 10.3. The molecule has 7 atom stereocenters. The first kappa shape index (κ1) is 25.2. The quantitative estimate of drug-likeness (QED) is 0.361. The molecule has 1 saturated heterocycles. The normalized spacial score (nSPS) is 35.5. The lowest BCUT2D eigenvalue weighted by Crippen LogP contribution is -2.60. The van der Waals surface area contributed by atoms with E-state index in [0.29, 0.717) is 11.8 Å². The van der Waals surface area contributed by atoms with Gasteiger partial charge < -0.3 is 34.6 Å². The molecule has 8 heteroatoms. The minimum atomic E-state index is -1.56. The van der Waals surface area contributed by atoms with Crippen LogP contribution in [0.15, 0.2) is 34.9 Å². The third-order valence-corrected chi connectivity index (χ3v) is 8.32. The van der Waals surface area contributed by atoms with Crippen LogP contribution in [0.4, 0.5) is 0 Å². The highest BCUT2D eigenvalue weighted by atomic mass is 16.7. The van der Waals surface area contributed by atoms with Gasteiger partial charge in [0.2, 0.25) is 6.29 Å². The molecule has 8 nitrogen and oxygen atoms in total. The molecule has 2 fully saturated rings. The van der Waals surface area contributed by atoms with E-state index >= 15 is 0 Å². The second kappa shape index (κ2) is 10.5. The molecule has 1 heterocycles. The van der Waals surface area contributed by atoms with E-state index < -0.39 is 37.3 Å². The van der Waals surface area contributed by atoms with Crippen LogP contribution in [0.2, 0.25) is 0 Å². The first-order chi connectivity index (χ1) is 17.5. The average molecular weight is 498 g/mol. The van der Waals surface area contributed by atoms with Crippen LogP contribution in [0, 0.1) is 23.2 Å². The molecule has 2 bridgehead atoms. The molecule has 5 rings (SSSR count). The summed E-state index contributed by atoms with van der Waals surface area (Å²) in [6, 6.07) is 7.32. The van der Waals surface area contributed by atoms with Gasteiger partial charge in [-0.2, -0.15) is 5.26 Å². The van der Waals surface area contributed by atoms with Crippen molar-refractivity contribution in [1.29, 1.82) is 5.26 Å². The summed E-state index contributed by atoms with van der Waals surface area (Å²) >= 11 is 0. The summed E-state index contributed by atoms with van der Waals surface area (Å²) < 4.78 is 17.4. The number of benzene rings is 1. The lowest BCUT2D eigenvalue weighted by molar-refractivity contribution is -0.277. The predicted octanol–water partition coefficient (Wildman–Crippen LogP) is 2.79. The Morgan fingerprint density at radius 1 is 1.08 bits per heavy atom. The summed E-state index contributed by atoms with van der Waals surface area (Å²) in [5.74, 6) is 1.83. The van der Waals surface area contributed by atoms with Gasteiger partial charge in [-0.05, 0) is 74.6 Å². The summed E-state index contributed by atoms with van der Waals surface area (Å²) in [6.07, 6.45) is 2.39. The number of hydrogen-bond donors (Lipinski definition) is 4. The molecular formula is C28H35NO7. The van der Waals surface area contributed by atoms with E-state index in [1.807, 2.05) is 6.07 Å². The van der Waals surface area contributed by atoms with Crippen molar-refractivity contribution in [3.8, 4) is 11.8 Å². The summed E-state index contributed by atoms with van der Waals surface area (Å²) in [5, 5.41) is 49.8. The molecule has 0 spiro atoms. The number of aliphatic hydroxyl groups is 4. The number of methoxy groups -OCH3 is 1. The number of aliphatic hydroxyl groups excluding tert-OH is 4. The Balaban J connectivity index is 1.51. The van der Waals surface area contributed by atoms with Crippen molar-refractivity contribution in [3.05, 3.63) is 46.0 Å². The van der Waals surface area contributed by atoms with Gasteiger partial charge in [0.05, 0.1) is 19.3 Å². The fraction of sp³-hybridized carbons (Fsp3) is 0.607. The molecule has 1 aliphatic heterocycles. The van der Waals surface area contributed by atoms with Gasteiger partial charge in [0.25, 0.3) is 0 Å². The molecule has 0 amide bonds. The molecule has 0 radical (unpaired) electrons. The Labute approximate surface area is 211 Å². The summed E-state index contributed by atoms with van der Waals surface area (Å²) in [5.41, 5.74) is 5.61. The van der Waals surface area contributed by atoms with Crippen molar-refractivity contribution in [3.63, 3.8) is 0 Å². The van der Waals surface area contributed by atoms with Crippen LogP contribution in [-0.2, 0) is 9.47 Å². The van der Waals surface area contributed by atoms with Crippen molar-refractivity contribution < 1.29 is 34.6 Å². The Kier molecular flexibility index (Phi) is 7.38. The fourth-order valence-electron chi connectivity index (χ4n) is 6.57. The minimum Gasteiger partial charge on any atom is -0.496 e. The van der Waals surface area contributed by atoms with Crippen molar-refractivity contribution in [2.75, 3.05) is 13.7 Å². The predicted molar refractivity (Wildman–Crippen MR) is 130 cm³/mol. The first-order valence-electron chi connectivity index (χ1n) is 13.0. The third-order valence-electron chi connectivity index (χ3n) is 8.32. The molecule has 1 aromatic carbocycles. The number of allylic oxidation sites excluding steroid dienone is 3. The SMILES string of the molecule is CO/C(=C1\C2CCCC1C1=C(CCCC1)C2)c1ccc(C#N)c(O[C@@H]2OC(CO)[C@@H](O)C(O)C2O)c1. The highest BCUT2D eigenvalue weighted by Crippen LogP contribution is 2.53. The Bertz CT molecular complexity index is 1090. The summed E-state index contributed by atoms with van der Waals surface area (Å²) in [4.78, 5) is 0.